The van der Waals surface area contributed by atoms with Gasteiger partial charge in [-0.3, -0.25) is 0 Å². The van der Waals surface area contributed by atoms with Crippen LogP contribution in [0.3, 0.4) is 0 Å². The molecular weight excluding hydrogens is 176 g/mol. The van der Waals surface area contributed by atoms with Crippen LogP contribution in [0.1, 0.15) is 36.9 Å². The lowest BCUT2D eigenvalue weighted by molar-refractivity contribution is 0.459. The van der Waals surface area contributed by atoms with Gasteiger partial charge in [0, 0.05) is 11.6 Å². The molecule has 1 rings (SSSR count). The zero-order valence-electron chi connectivity index (χ0n) is 8.75. The molecule has 1 aromatic carbocycles. The lowest BCUT2D eigenvalue weighted by atomic mass is 9.96. The minimum atomic E-state index is -0.122. The summed E-state index contributed by atoms with van der Waals surface area (Å²) >= 11 is 0. The zero-order chi connectivity index (χ0) is 10.7. The van der Waals surface area contributed by atoms with Crippen LogP contribution < -0.4 is 11.5 Å². The summed E-state index contributed by atoms with van der Waals surface area (Å²) in [5.74, 6) is 0.144. The van der Waals surface area contributed by atoms with Gasteiger partial charge in [-0.2, -0.15) is 0 Å². The molecule has 0 saturated carbocycles. The molecule has 0 bridgehead atoms. The van der Waals surface area contributed by atoms with Crippen LogP contribution in [-0.4, -0.2) is 5.11 Å². The van der Waals surface area contributed by atoms with Crippen molar-refractivity contribution in [1.82, 2.24) is 0 Å². The molecule has 0 amide bonds. The summed E-state index contributed by atoms with van der Waals surface area (Å²) in [4.78, 5) is 0. The van der Waals surface area contributed by atoms with Gasteiger partial charge >= 0.3 is 0 Å². The lowest BCUT2D eigenvalue weighted by Crippen LogP contribution is -2.12. The molecule has 0 spiro atoms. The van der Waals surface area contributed by atoms with Crippen LogP contribution in [0.25, 0.3) is 0 Å². The molecule has 0 aliphatic carbocycles. The maximum atomic E-state index is 9.77. The molecule has 0 aliphatic rings. The van der Waals surface area contributed by atoms with E-state index in [1.54, 1.807) is 6.07 Å². The quantitative estimate of drug-likeness (QED) is 0.509. The molecule has 0 fully saturated rings. The molecule has 0 heterocycles. The monoisotopic (exact) mass is 194 g/mol. The van der Waals surface area contributed by atoms with Crippen molar-refractivity contribution in [3.05, 3.63) is 23.3 Å². The smallest absolute Gasteiger partial charge is 0.143 e. The van der Waals surface area contributed by atoms with Gasteiger partial charge in [0.25, 0.3) is 0 Å². The molecule has 1 atom stereocenters. The van der Waals surface area contributed by atoms with Gasteiger partial charge in [0.15, 0.2) is 0 Å². The van der Waals surface area contributed by atoms with E-state index < -0.39 is 0 Å². The van der Waals surface area contributed by atoms with E-state index in [1.165, 1.54) is 0 Å². The number of hydrogen-bond donors (Lipinski definition) is 3. The number of benzene rings is 1. The van der Waals surface area contributed by atoms with Gasteiger partial charge in [0.2, 0.25) is 0 Å². The second kappa shape index (κ2) is 4.33. The third-order valence-corrected chi connectivity index (χ3v) is 2.44. The Bertz CT molecular complexity index is 323. The summed E-state index contributed by atoms with van der Waals surface area (Å²) in [6.07, 6.45) is 1.85. The molecule has 0 aliphatic heterocycles. The second-order valence-electron chi connectivity index (χ2n) is 3.63. The second-order valence-corrected chi connectivity index (χ2v) is 3.63. The van der Waals surface area contributed by atoms with Crippen LogP contribution in [0.15, 0.2) is 12.1 Å². The van der Waals surface area contributed by atoms with Gasteiger partial charge in [-0.1, -0.05) is 19.4 Å². The third-order valence-electron chi connectivity index (χ3n) is 2.44. The Kier molecular flexibility index (Phi) is 3.36. The third kappa shape index (κ3) is 1.99. The van der Waals surface area contributed by atoms with Crippen molar-refractivity contribution in [2.75, 3.05) is 5.73 Å². The van der Waals surface area contributed by atoms with Crippen LogP contribution in [0.2, 0.25) is 0 Å². The molecule has 78 valence electrons. The summed E-state index contributed by atoms with van der Waals surface area (Å²) in [5, 5.41) is 9.77. The highest BCUT2D eigenvalue weighted by Crippen LogP contribution is 2.33. The summed E-state index contributed by atoms with van der Waals surface area (Å²) in [6.45, 7) is 4.00. The van der Waals surface area contributed by atoms with Crippen molar-refractivity contribution in [3.63, 3.8) is 0 Å². The Morgan fingerprint density at radius 3 is 2.64 bits per heavy atom. The number of nitrogen functional groups attached to an aromatic ring is 1. The molecule has 3 heteroatoms. The first-order valence-corrected chi connectivity index (χ1v) is 4.91. The van der Waals surface area contributed by atoms with Crippen LogP contribution in [-0.2, 0) is 0 Å². The maximum Gasteiger partial charge on any atom is 0.143 e. The highest BCUT2D eigenvalue weighted by atomic mass is 16.3. The summed E-state index contributed by atoms with van der Waals surface area (Å²) < 4.78 is 0. The number of phenols is 1. The first kappa shape index (κ1) is 10.9. The minimum Gasteiger partial charge on any atom is -0.505 e. The summed E-state index contributed by atoms with van der Waals surface area (Å²) in [7, 11) is 0. The molecule has 1 aromatic rings. The Morgan fingerprint density at radius 1 is 1.43 bits per heavy atom. The topological polar surface area (TPSA) is 72.3 Å². The normalized spacial score (nSPS) is 12.8. The molecule has 0 radical (unpaired) electrons. The van der Waals surface area contributed by atoms with Crippen molar-refractivity contribution in [1.29, 1.82) is 0 Å². The fourth-order valence-electron chi connectivity index (χ4n) is 1.65. The molecule has 5 N–H and O–H groups in total. The van der Waals surface area contributed by atoms with Crippen molar-refractivity contribution in [2.24, 2.45) is 5.73 Å². The minimum absolute atomic E-state index is 0.122. The van der Waals surface area contributed by atoms with E-state index >= 15 is 0 Å². The first-order valence-electron chi connectivity index (χ1n) is 4.91. The number of anilines is 1. The lowest BCUT2D eigenvalue weighted by Gasteiger charge is -2.16. The predicted octanol–water partition coefficient (Wildman–Crippen LogP) is 2.08. The van der Waals surface area contributed by atoms with E-state index in [4.69, 9.17) is 11.5 Å². The number of nitrogens with two attached hydrogens (primary N) is 2. The fraction of sp³-hybridized carbons (Fsp3) is 0.455. The number of hydrogen-bond acceptors (Lipinski definition) is 3. The summed E-state index contributed by atoms with van der Waals surface area (Å²) in [5.41, 5.74) is 13.8. The number of aryl methyl sites for hydroxylation is 1. The van der Waals surface area contributed by atoms with Crippen molar-refractivity contribution in [2.45, 2.75) is 32.7 Å². The van der Waals surface area contributed by atoms with Crippen molar-refractivity contribution >= 4 is 5.69 Å². The van der Waals surface area contributed by atoms with Gasteiger partial charge in [0.05, 0.1) is 5.69 Å². The number of rotatable bonds is 3. The first-order chi connectivity index (χ1) is 6.57. The van der Waals surface area contributed by atoms with E-state index in [-0.39, 0.29) is 11.8 Å². The van der Waals surface area contributed by atoms with Crippen LogP contribution in [0, 0.1) is 6.92 Å². The summed E-state index contributed by atoms with van der Waals surface area (Å²) in [6, 6.07) is 3.47. The molecule has 0 aromatic heterocycles. The highest BCUT2D eigenvalue weighted by molar-refractivity contribution is 5.59. The van der Waals surface area contributed by atoms with Crippen molar-refractivity contribution < 1.29 is 5.11 Å². The number of aromatic hydroxyl groups is 1. The number of phenolic OH excluding ortho intramolecular Hbond substituents is 1. The predicted molar refractivity (Wildman–Crippen MR) is 59.1 cm³/mol. The fourth-order valence-corrected chi connectivity index (χ4v) is 1.65. The van der Waals surface area contributed by atoms with Gasteiger partial charge in [-0.25, -0.2) is 0 Å². The van der Waals surface area contributed by atoms with Crippen LogP contribution in [0.4, 0.5) is 5.69 Å². The Labute approximate surface area is 84.7 Å². The standard InChI is InChI=1S/C11H18N2O/c1-3-4-8(12)10-7(2)5-6-9(13)11(10)14/h5-6,8,14H,3-4,12-13H2,1-2H3/t8-/m0/s1. The Balaban J connectivity index is 3.11. The van der Waals surface area contributed by atoms with Crippen molar-refractivity contribution in [3.8, 4) is 5.75 Å². The van der Waals surface area contributed by atoms with E-state index in [1.807, 2.05) is 13.0 Å². The van der Waals surface area contributed by atoms with Gasteiger partial charge in [-0.15, -0.1) is 0 Å². The molecule has 0 unspecified atom stereocenters. The largest absolute Gasteiger partial charge is 0.505 e. The molecular formula is C11H18N2O. The van der Waals surface area contributed by atoms with Crippen LogP contribution in [0.5, 0.6) is 5.75 Å². The van der Waals surface area contributed by atoms with E-state index in [0.717, 1.165) is 24.0 Å². The van der Waals surface area contributed by atoms with Crippen LogP contribution >= 0.6 is 0 Å². The van der Waals surface area contributed by atoms with Gasteiger partial charge in [0.1, 0.15) is 5.75 Å². The van der Waals surface area contributed by atoms with E-state index in [0.29, 0.717) is 5.69 Å². The molecule has 3 nitrogen and oxygen atoms in total. The van der Waals surface area contributed by atoms with Gasteiger partial charge in [-0.05, 0) is 25.0 Å². The molecule has 0 saturated heterocycles. The SMILES string of the molecule is CCC[C@H](N)c1c(C)ccc(N)c1O. The average Bonchev–Trinajstić information content (AvgIpc) is 2.13. The van der Waals surface area contributed by atoms with E-state index in [2.05, 4.69) is 6.92 Å². The average molecular weight is 194 g/mol. The van der Waals surface area contributed by atoms with E-state index in [9.17, 15) is 5.11 Å². The zero-order valence-corrected chi connectivity index (χ0v) is 8.75. The molecule has 14 heavy (non-hydrogen) atoms. The maximum absolute atomic E-state index is 9.77. The highest BCUT2D eigenvalue weighted by Gasteiger charge is 2.14. The van der Waals surface area contributed by atoms with Gasteiger partial charge < -0.3 is 16.6 Å². The Hall–Kier alpha value is -1.22. The Morgan fingerprint density at radius 2 is 2.07 bits per heavy atom.